The molecule has 0 aromatic heterocycles. The summed E-state index contributed by atoms with van der Waals surface area (Å²) in [7, 11) is -3.14. The van der Waals surface area contributed by atoms with Gasteiger partial charge in [0.15, 0.2) is 0 Å². The van der Waals surface area contributed by atoms with Crippen molar-refractivity contribution in [2.75, 3.05) is 25.5 Å². The number of hydrogen-bond acceptors (Lipinski definition) is 3. The van der Waals surface area contributed by atoms with E-state index in [0.29, 0.717) is 18.9 Å². The second-order valence-electron chi connectivity index (χ2n) is 5.31. The lowest BCUT2D eigenvalue weighted by atomic mass is 10.0. The van der Waals surface area contributed by atoms with E-state index in [4.69, 9.17) is 4.74 Å². The predicted molar refractivity (Wildman–Crippen MR) is 80.1 cm³/mol. The molecule has 1 fully saturated rings. The first-order valence-electron chi connectivity index (χ1n) is 7.25. The van der Waals surface area contributed by atoms with Crippen molar-refractivity contribution < 1.29 is 13.2 Å². The average molecular weight is 297 g/mol. The van der Waals surface area contributed by atoms with Crippen LogP contribution in [0.25, 0.3) is 0 Å². The second-order valence-corrected chi connectivity index (χ2v) is 7.24. The zero-order chi connectivity index (χ0) is 14.3. The van der Waals surface area contributed by atoms with E-state index < -0.39 is 10.0 Å². The van der Waals surface area contributed by atoms with Gasteiger partial charge < -0.3 is 4.74 Å². The SMILES string of the molecule is O=S(=O)(CCCc1ccccc1)NCC1CCOCC1. The van der Waals surface area contributed by atoms with Crippen molar-refractivity contribution in [1.29, 1.82) is 0 Å². The van der Waals surface area contributed by atoms with Crippen LogP contribution in [0.3, 0.4) is 0 Å². The Balaban J connectivity index is 1.68. The summed E-state index contributed by atoms with van der Waals surface area (Å²) in [5.74, 6) is 0.623. The fraction of sp³-hybridized carbons (Fsp3) is 0.600. The molecule has 1 saturated heterocycles. The smallest absolute Gasteiger partial charge is 0.211 e. The zero-order valence-corrected chi connectivity index (χ0v) is 12.6. The summed E-state index contributed by atoms with van der Waals surface area (Å²) >= 11 is 0. The van der Waals surface area contributed by atoms with Gasteiger partial charge in [0.2, 0.25) is 10.0 Å². The molecule has 1 aromatic rings. The number of nitrogens with one attached hydrogen (secondary N) is 1. The fourth-order valence-electron chi connectivity index (χ4n) is 2.38. The average Bonchev–Trinajstić information content (AvgIpc) is 2.47. The molecule has 2 rings (SSSR count). The van der Waals surface area contributed by atoms with Crippen molar-refractivity contribution in [2.24, 2.45) is 5.92 Å². The molecule has 5 heteroatoms. The Bertz CT molecular complexity index is 481. The van der Waals surface area contributed by atoms with E-state index in [9.17, 15) is 8.42 Å². The van der Waals surface area contributed by atoms with E-state index in [1.807, 2.05) is 30.3 Å². The van der Waals surface area contributed by atoms with Crippen LogP contribution in [0.4, 0.5) is 0 Å². The standard InChI is InChI=1S/C15H23NO3S/c17-20(18,16-13-15-8-10-19-11-9-15)12-4-7-14-5-2-1-3-6-14/h1-3,5-6,15-16H,4,7-13H2. The third kappa shape index (κ3) is 5.61. The normalized spacial score (nSPS) is 17.2. The number of aryl methyl sites for hydroxylation is 1. The molecular formula is C15H23NO3S. The molecule has 1 aliphatic heterocycles. The third-order valence-corrected chi connectivity index (χ3v) is 5.09. The van der Waals surface area contributed by atoms with Gasteiger partial charge in [-0.15, -0.1) is 0 Å². The monoisotopic (exact) mass is 297 g/mol. The van der Waals surface area contributed by atoms with E-state index in [2.05, 4.69) is 4.72 Å². The molecule has 0 saturated carbocycles. The van der Waals surface area contributed by atoms with Gasteiger partial charge in [0, 0.05) is 19.8 Å². The van der Waals surface area contributed by atoms with E-state index in [-0.39, 0.29) is 5.75 Å². The van der Waals surface area contributed by atoms with Crippen LogP contribution in [0.5, 0.6) is 0 Å². The first-order chi connectivity index (χ1) is 9.66. The lowest BCUT2D eigenvalue weighted by Crippen LogP contribution is -2.33. The minimum absolute atomic E-state index is 0.200. The van der Waals surface area contributed by atoms with Crippen molar-refractivity contribution in [3.63, 3.8) is 0 Å². The molecule has 1 heterocycles. The third-order valence-electron chi connectivity index (χ3n) is 3.65. The largest absolute Gasteiger partial charge is 0.381 e. The van der Waals surface area contributed by atoms with Crippen LogP contribution in [0.2, 0.25) is 0 Å². The first kappa shape index (κ1) is 15.5. The minimum Gasteiger partial charge on any atom is -0.381 e. The first-order valence-corrected chi connectivity index (χ1v) is 8.90. The number of rotatable bonds is 7. The van der Waals surface area contributed by atoms with Gasteiger partial charge in [0.05, 0.1) is 5.75 Å². The van der Waals surface area contributed by atoms with Gasteiger partial charge >= 0.3 is 0 Å². The van der Waals surface area contributed by atoms with Crippen molar-refractivity contribution in [1.82, 2.24) is 4.72 Å². The molecule has 0 bridgehead atoms. The van der Waals surface area contributed by atoms with Gasteiger partial charge in [-0.3, -0.25) is 0 Å². The van der Waals surface area contributed by atoms with Crippen molar-refractivity contribution >= 4 is 10.0 Å². The zero-order valence-electron chi connectivity index (χ0n) is 11.8. The van der Waals surface area contributed by atoms with E-state index in [1.165, 1.54) is 5.56 Å². The molecular weight excluding hydrogens is 274 g/mol. The molecule has 0 aliphatic carbocycles. The Hall–Kier alpha value is -0.910. The maximum atomic E-state index is 11.9. The van der Waals surface area contributed by atoms with E-state index in [1.54, 1.807) is 0 Å². The molecule has 0 spiro atoms. The summed E-state index contributed by atoms with van der Waals surface area (Å²) in [5.41, 5.74) is 1.19. The van der Waals surface area contributed by atoms with Crippen LogP contribution >= 0.6 is 0 Å². The van der Waals surface area contributed by atoms with Gasteiger partial charge in [0.25, 0.3) is 0 Å². The molecule has 1 aromatic carbocycles. The number of benzene rings is 1. The number of sulfonamides is 1. The van der Waals surface area contributed by atoms with E-state index in [0.717, 1.165) is 32.5 Å². The van der Waals surface area contributed by atoms with Crippen LogP contribution in [0.15, 0.2) is 30.3 Å². The summed E-state index contributed by atoms with van der Waals surface area (Å²) in [6.45, 7) is 2.05. The summed E-state index contributed by atoms with van der Waals surface area (Å²) < 4.78 is 31.8. The van der Waals surface area contributed by atoms with Gasteiger partial charge in [-0.1, -0.05) is 30.3 Å². The second kappa shape index (κ2) is 7.76. The Labute approximate surface area is 121 Å². The van der Waals surface area contributed by atoms with Crippen LogP contribution in [-0.2, 0) is 21.2 Å². The maximum absolute atomic E-state index is 11.9. The molecule has 1 N–H and O–H groups in total. The van der Waals surface area contributed by atoms with Gasteiger partial charge in [-0.25, -0.2) is 13.1 Å². The van der Waals surface area contributed by atoms with Crippen molar-refractivity contribution in [3.8, 4) is 0 Å². The maximum Gasteiger partial charge on any atom is 0.211 e. The molecule has 0 radical (unpaired) electrons. The van der Waals surface area contributed by atoms with Gasteiger partial charge in [-0.2, -0.15) is 0 Å². The summed E-state index contributed by atoms with van der Waals surface area (Å²) in [6.07, 6.45) is 3.37. The van der Waals surface area contributed by atoms with E-state index >= 15 is 0 Å². The highest BCUT2D eigenvalue weighted by molar-refractivity contribution is 7.89. The van der Waals surface area contributed by atoms with Gasteiger partial charge in [0.1, 0.15) is 0 Å². The highest BCUT2D eigenvalue weighted by Gasteiger charge is 2.17. The van der Waals surface area contributed by atoms with Crippen LogP contribution in [-0.4, -0.2) is 33.9 Å². The van der Waals surface area contributed by atoms with Crippen LogP contribution < -0.4 is 4.72 Å². The van der Waals surface area contributed by atoms with Crippen molar-refractivity contribution in [2.45, 2.75) is 25.7 Å². The Morgan fingerprint density at radius 2 is 1.85 bits per heavy atom. The lowest BCUT2D eigenvalue weighted by molar-refractivity contribution is 0.0678. The summed E-state index contributed by atoms with van der Waals surface area (Å²) in [4.78, 5) is 0. The van der Waals surface area contributed by atoms with Crippen LogP contribution in [0.1, 0.15) is 24.8 Å². The lowest BCUT2D eigenvalue weighted by Gasteiger charge is -2.22. The Kier molecular flexibility index (Phi) is 6.01. The fourth-order valence-corrected chi connectivity index (χ4v) is 3.54. The van der Waals surface area contributed by atoms with Crippen LogP contribution in [0, 0.1) is 5.92 Å². The highest BCUT2D eigenvalue weighted by Crippen LogP contribution is 2.13. The minimum atomic E-state index is -3.14. The summed E-state index contributed by atoms with van der Waals surface area (Å²) in [6, 6.07) is 9.99. The molecule has 0 amide bonds. The quantitative estimate of drug-likeness (QED) is 0.837. The van der Waals surface area contributed by atoms with Crippen molar-refractivity contribution in [3.05, 3.63) is 35.9 Å². The molecule has 112 valence electrons. The summed E-state index contributed by atoms with van der Waals surface area (Å²) in [5, 5.41) is 0. The molecule has 0 unspecified atom stereocenters. The Morgan fingerprint density at radius 3 is 2.55 bits per heavy atom. The molecule has 4 nitrogen and oxygen atoms in total. The number of ether oxygens (including phenoxy) is 1. The number of hydrogen-bond donors (Lipinski definition) is 1. The topological polar surface area (TPSA) is 55.4 Å². The van der Waals surface area contributed by atoms with Gasteiger partial charge in [-0.05, 0) is 37.2 Å². The molecule has 20 heavy (non-hydrogen) atoms. The Morgan fingerprint density at radius 1 is 1.15 bits per heavy atom. The highest BCUT2D eigenvalue weighted by atomic mass is 32.2. The molecule has 1 aliphatic rings. The molecule has 0 atom stereocenters. The predicted octanol–water partition coefficient (Wildman–Crippen LogP) is 1.97.